The second kappa shape index (κ2) is 11.8. The van der Waals surface area contributed by atoms with E-state index in [4.69, 9.17) is 9.47 Å². The molecule has 2 heterocycles. The lowest BCUT2D eigenvalue weighted by Gasteiger charge is -2.27. The van der Waals surface area contributed by atoms with Gasteiger partial charge in [-0.3, -0.25) is 9.59 Å². The maximum atomic E-state index is 13.3. The molecule has 2 atom stereocenters. The first-order valence-corrected chi connectivity index (χ1v) is 13.4. The SMILES string of the molecule is CCCOc1ccc(C2/C(=C(/O)c3ccc4c(c3)CC(C)O4)C(=O)C(=O)N2CCCN(CC)CC)cc1. The molecule has 2 aliphatic rings. The predicted octanol–water partition coefficient (Wildman–Crippen LogP) is 4.95. The van der Waals surface area contributed by atoms with Crippen molar-refractivity contribution in [3.63, 3.8) is 0 Å². The van der Waals surface area contributed by atoms with Crippen LogP contribution in [0.1, 0.15) is 63.3 Å². The van der Waals surface area contributed by atoms with Crippen molar-refractivity contribution in [2.75, 3.05) is 32.8 Å². The van der Waals surface area contributed by atoms with Crippen LogP contribution in [0.15, 0.2) is 48.0 Å². The molecule has 1 N–H and O–H groups in total. The van der Waals surface area contributed by atoms with Crippen molar-refractivity contribution in [1.82, 2.24) is 9.80 Å². The number of ketones is 1. The van der Waals surface area contributed by atoms with Gasteiger partial charge in [-0.25, -0.2) is 0 Å². The van der Waals surface area contributed by atoms with Gasteiger partial charge in [0, 0.05) is 18.5 Å². The van der Waals surface area contributed by atoms with Gasteiger partial charge in [-0.15, -0.1) is 0 Å². The second-order valence-electron chi connectivity index (χ2n) is 9.75. The number of likely N-dealkylation sites (tertiary alicyclic amines) is 1. The minimum Gasteiger partial charge on any atom is -0.507 e. The Morgan fingerprint density at radius 1 is 1.11 bits per heavy atom. The summed E-state index contributed by atoms with van der Waals surface area (Å²) in [6, 6.07) is 12.2. The van der Waals surface area contributed by atoms with Crippen LogP contribution in [0.2, 0.25) is 0 Å². The molecule has 1 fully saturated rings. The zero-order valence-electron chi connectivity index (χ0n) is 22.3. The van der Waals surface area contributed by atoms with E-state index in [2.05, 4.69) is 18.7 Å². The lowest BCUT2D eigenvalue weighted by molar-refractivity contribution is -0.140. The summed E-state index contributed by atoms with van der Waals surface area (Å²) in [4.78, 5) is 30.5. The van der Waals surface area contributed by atoms with Crippen LogP contribution in [0.4, 0.5) is 0 Å². The Kier molecular flexibility index (Phi) is 8.54. The number of aliphatic hydroxyl groups excluding tert-OH is 1. The van der Waals surface area contributed by atoms with Gasteiger partial charge in [-0.05, 0) is 80.9 Å². The number of aliphatic hydroxyl groups is 1. The Labute approximate surface area is 219 Å². The predicted molar refractivity (Wildman–Crippen MR) is 144 cm³/mol. The third-order valence-electron chi connectivity index (χ3n) is 7.15. The third-order valence-corrected chi connectivity index (χ3v) is 7.15. The van der Waals surface area contributed by atoms with E-state index in [9.17, 15) is 14.7 Å². The second-order valence-corrected chi connectivity index (χ2v) is 9.75. The normalized spacial score (nSPS) is 20.4. The molecule has 0 spiro atoms. The summed E-state index contributed by atoms with van der Waals surface area (Å²) in [6.45, 7) is 12.0. The van der Waals surface area contributed by atoms with Crippen LogP contribution in [0.25, 0.3) is 5.76 Å². The number of Topliss-reactive ketones (excluding diaryl/α,β-unsaturated/α-hetero) is 1. The molecule has 1 saturated heterocycles. The first-order valence-electron chi connectivity index (χ1n) is 13.4. The highest BCUT2D eigenvalue weighted by Gasteiger charge is 2.46. The molecule has 0 radical (unpaired) electrons. The Morgan fingerprint density at radius 2 is 1.84 bits per heavy atom. The van der Waals surface area contributed by atoms with Gasteiger partial charge >= 0.3 is 0 Å². The van der Waals surface area contributed by atoms with Gasteiger partial charge in [-0.2, -0.15) is 0 Å². The fourth-order valence-electron chi connectivity index (χ4n) is 5.15. The molecule has 198 valence electrons. The quantitative estimate of drug-likeness (QED) is 0.264. The zero-order chi connectivity index (χ0) is 26.5. The zero-order valence-corrected chi connectivity index (χ0v) is 22.3. The molecule has 0 aromatic heterocycles. The average molecular weight is 507 g/mol. The topological polar surface area (TPSA) is 79.3 Å². The summed E-state index contributed by atoms with van der Waals surface area (Å²) in [7, 11) is 0. The number of nitrogens with zero attached hydrogens (tertiary/aromatic N) is 2. The van der Waals surface area contributed by atoms with Crippen molar-refractivity contribution in [1.29, 1.82) is 0 Å². The lowest BCUT2D eigenvalue weighted by Crippen LogP contribution is -2.33. The fourth-order valence-corrected chi connectivity index (χ4v) is 5.15. The third kappa shape index (κ3) is 5.67. The molecule has 37 heavy (non-hydrogen) atoms. The van der Waals surface area contributed by atoms with E-state index in [1.807, 2.05) is 50.2 Å². The fraction of sp³-hybridized carbons (Fsp3) is 0.467. The maximum Gasteiger partial charge on any atom is 0.295 e. The Balaban J connectivity index is 1.71. The van der Waals surface area contributed by atoms with Crippen LogP contribution >= 0.6 is 0 Å². The van der Waals surface area contributed by atoms with Gasteiger partial charge < -0.3 is 24.4 Å². The molecule has 7 heteroatoms. The molecule has 0 aliphatic carbocycles. The minimum atomic E-state index is -0.666. The number of amides is 1. The molecule has 0 saturated carbocycles. The summed E-state index contributed by atoms with van der Waals surface area (Å²) in [6.07, 6.45) is 2.44. The van der Waals surface area contributed by atoms with Crippen molar-refractivity contribution in [3.05, 3.63) is 64.7 Å². The highest BCUT2D eigenvalue weighted by atomic mass is 16.5. The average Bonchev–Trinajstić information content (AvgIpc) is 3.40. The number of carbonyl (C=O) groups is 2. The van der Waals surface area contributed by atoms with Crippen LogP contribution in [-0.2, 0) is 16.0 Å². The van der Waals surface area contributed by atoms with E-state index in [0.29, 0.717) is 18.7 Å². The molecule has 2 aliphatic heterocycles. The van der Waals surface area contributed by atoms with E-state index < -0.39 is 17.7 Å². The van der Waals surface area contributed by atoms with Crippen LogP contribution < -0.4 is 9.47 Å². The minimum absolute atomic E-state index is 0.0669. The standard InChI is InChI=1S/C30H38N2O5/c1-5-17-36-24-12-9-21(10-13-24)27-26(28(33)22-11-14-25-23(19-22)18-20(4)37-25)29(34)30(35)32(27)16-8-15-31(6-2)7-3/h9-14,19-20,27,33H,5-8,15-18H2,1-4H3/b28-26-. The van der Waals surface area contributed by atoms with Crippen LogP contribution in [0, 0.1) is 0 Å². The summed E-state index contributed by atoms with van der Waals surface area (Å²) in [5, 5.41) is 11.4. The molecule has 2 aromatic carbocycles. The van der Waals surface area contributed by atoms with Crippen molar-refractivity contribution in [2.45, 2.75) is 59.1 Å². The Morgan fingerprint density at radius 3 is 2.51 bits per heavy atom. The monoisotopic (exact) mass is 506 g/mol. The molecular formula is C30H38N2O5. The molecule has 4 rings (SSSR count). The van der Waals surface area contributed by atoms with E-state index >= 15 is 0 Å². The van der Waals surface area contributed by atoms with Crippen LogP contribution in [0.5, 0.6) is 11.5 Å². The largest absolute Gasteiger partial charge is 0.507 e. The molecule has 1 amide bonds. The van der Waals surface area contributed by atoms with Crippen molar-refractivity contribution in [3.8, 4) is 11.5 Å². The van der Waals surface area contributed by atoms with Gasteiger partial charge in [0.2, 0.25) is 0 Å². The molecule has 0 bridgehead atoms. The number of benzene rings is 2. The van der Waals surface area contributed by atoms with Crippen molar-refractivity contribution in [2.24, 2.45) is 0 Å². The van der Waals surface area contributed by atoms with Crippen molar-refractivity contribution >= 4 is 17.4 Å². The van der Waals surface area contributed by atoms with E-state index in [-0.39, 0.29) is 17.4 Å². The highest BCUT2D eigenvalue weighted by Crippen LogP contribution is 2.41. The van der Waals surface area contributed by atoms with Gasteiger partial charge in [-0.1, -0.05) is 32.9 Å². The van der Waals surface area contributed by atoms with E-state index in [1.54, 1.807) is 11.0 Å². The van der Waals surface area contributed by atoms with Crippen LogP contribution in [-0.4, -0.2) is 65.5 Å². The molecule has 7 nitrogen and oxygen atoms in total. The number of ether oxygens (including phenoxy) is 2. The van der Waals surface area contributed by atoms with E-state index in [0.717, 1.165) is 61.5 Å². The maximum absolute atomic E-state index is 13.3. The first-order chi connectivity index (χ1) is 17.9. The van der Waals surface area contributed by atoms with Crippen LogP contribution in [0.3, 0.4) is 0 Å². The summed E-state index contributed by atoms with van der Waals surface area (Å²) in [5.41, 5.74) is 2.40. The highest BCUT2D eigenvalue weighted by molar-refractivity contribution is 6.46. The first kappa shape index (κ1) is 26.7. The van der Waals surface area contributed by atoms with E-state index in [1.165, 1.54) is 0 Å². The van der Waals surface area contributed by atoms with Gasteiger partial charge in [0.05, 0.1) is 18.2 Å². The van der Waals surface area contributed by atoms with Crippen molar-refractivity contribution < 1.29 is 24.2 Å². The molecule has 2 unspecified atom stereocenters. The lowest BCUT2D eigenvalue weighted by atomic mass is 9.94. The number of fused-ring (bicyclic) bond motifs is 1. The van der Waals surface area contributed by atoms with Gasteiger partial charge in [0.1, 0.15) is 23.4 Å². The number of hydrogen-bond acceptors (Lipinski definition) is 6. The number of carbonyl (C=O) groups excluding carboxylic acids is 2. The molecular weight excluding hydrogens is 468 g/mol. The Hall–Kier alpha value is -3.32. The Bertz CT molecular complexity index is 1150. The summed E-state index contributed by atoms with van der Waals surface area (Å²) >= 11 is 0. The van der Waals surface area contributed by atoms with Gasteiger partial charge in [0.25, 0.3) is 11.7 Å². The summed E-state index contributed by atoms with van der Waals surface area (Å²) in [5.74, 6) is 0.150. The summed E-state index contributed by atoms with van der Waals surface area (Å²) < 4.78 is 11.5. The number of rotatable bonds is 11. The smallest absolute Gasteiger partial charge is 0.295 e. The number of hydrogen-bond donors (Lipinski definition) is 1. The molecule has 2 aromatic rings. The van der Waals surface area contributed by atoms with Gasteiger partial charge in [0.15, 0.2) is 0 Å².